The second-order valence-electron chi connectivity index (χ2n) is 3.42. The number of aliphatic carboxylic acids is 1. The number of carbonyl (C=O) groups excluding carboxylic acids is 1. The molecule has 2 amide bonds. The molecule has 1 atom stereocenters. The van der Waals surface area contributed by atoms with Gasteiger partial charge in [-0.2, -0.15) is 0 Å². The molecule has 0 spiro atoms. The van der Waals surface area contributed by atoms with Gasteiger partial charge in [-0.25, -0.2) is 18.4 Å². The van der Waals surface area contributed by atoms with Crippen molar-refractivity contribution in [3.63, 3.8) is 0 Å². The van der Waals surface area contributed by atoms with E-state index < -0.39 is 42.0 Å². The van der Waals surface area contributed by atoms with Gasteiger partial charge in [-0.15, -0.1) is 0 Å². The lowest BCUT2D eigenvalue weighted by atomic mass is 10.3. The maximum atomic E-state index is 13.3. The number of carboxylic acids is 1. The monoisotopic (exact) mass is 294 g/mol. The molecular formula is C10H9ClF2N2O4. The third-order valence-corrected chi connectivity index (χ3v) is 2.33. The molecular weight excluding hydrogens is 286 g/mol. The molecule has 0 unspecified atom stereocenters. The fourth-order valence-corrected chi connectivity index (χ4v) is 1.40. The van der Waals surface area contributed by atoms with Gasteiger partial charge in [-0.1, -0.05) is 11.6 Å². The number of urea groups is 1. The Bertz CT molecular complexity index is 489. The molecule has 0 aromatic heterocycles. The van der Waals surface area contributed by atoms with E-state index in [1.165, 1.54) is 0 Å². The normalized spacial score (nSPS) is 11.8. The first kappa shape index (κ1) is 15.1. The number of amides is 2. The number of anilines is 1. The van der Waals surface area contributed by atoms with Crippen LogP contribution in [0.2, 0.25) is 5.02 Å². The number of hydrogen-bond acceptors (Lipinski definition) is 3. The molecule has 0 fully saturated rings. The molecule has 0 aliphatic rings. The van der Waals surface area contributed by atoms with Crippen LogP contribution in [0.25, 0.3) is 0 Å². The summed E-state index contributed by atoms with van der Waals surface area (Å²) in [5.41, 5.74) is -0.498. The van der Waals surface area contributed by atoms with Gasteiger partial charge >= 0.3 is 12.0 Å². The predicted molar refractivity (Wildman–Crippen MR) is 62.0 cm³/mol. The zero-order chi connectivity index (χ0) is 14.6. The SMILES string of the molecule is O=C(Nc1c(F)cc(F)cc1Cl)N[C@H](CO)C(=O)O. The highest BCUT2D eigenvalue weighted by molar-refractivity contribution is 6.33. The van der Waals surface area contributed by atoms with Crippen LogP contribution in [0.15, 0.2) is 12.1 Å². The van der Waals surface area contributed by atoms with E-state index in [2.05, 4.69) is 0 Å². The van der Waals surface area contributed by atoms with Gasteiger partial charge in [-0.05, 0) is 6.07 Å². The summed E-state index contributed by atoms with van der Waals surface area (Å²) >= 11 is 5.52. The number of aliphatic hydroxyl groups is 1. The largest absolute Gasteiger partial charge is 0.480 e. The molecule has 9 heteroatoms. The fraction of sp³-hybridized carbons (Fsp3) is 0.200. The van der Waals surface area contributed by atoms with E-state index >= 15 is 0 Å². The highest BCUT2D eigenvalue weighted by Gasteiger charge is 2.20. The summed E-state index contributed by atoms with van der Waals surface area (Å²) in [5.74, 6) is -3.51. The van der Waals surface area contributed by atoms with Crippen LogP contribution >= 0.6 is 11.6 Å². The van der Waals surface area contributed by atoms with Crippen LogP contribution in [0.1, 0.15) is 0 Å². The number of nitrogens with one attached hydrogen (secondary N) is 2. The number of aliphatic hydroxyl groups excluding tert-OH is 1. The van der Waals surface area contributed by atoms with Gasteiger partial charge in [0.1, 0.15) is 5.82 Å². The number of hydrogen-bond donors (Lipinski definition) is 4. The number of rotatable bonds is 4. The Hall–Kier alpha value is -1.93. The molecule has 0 heterocycles. The van der Waals surface area contributed by atoms with Gasteiger partial charge in [0.15, 0.2) is 11.9 Å². The highest BCUT2D eigenvalue weighted by Crippen LogP contribution is 2.26. The predicted octanol–water partition coefficient (Wildman–Crippen LogP) is 1.19. The average molecular weight is 295 g/mol. The second kappa shape index (κ2) is 6.30. The van der Waals surface area contributed by atoms with Crippen LogP contribution in [0.5, 0.6) is 0 Å². The lowest BCUT2D eigenvalue weighted by Crippen LogP contribution is -2.45. The Morgan fingerprint density at radius 2 is 2.00 bits per heavy atom. The highest BCUT2D eigenvalue weighted by atomic mass is 35.5. The zero-order valence-electron chi connectivity index (χ0n) is 9.28. The molecule has 4 N–H and O–H groups in total. The van der Waals surface area contributed by atoms with Crippen LogP contribution in [0.4, 0.5) is 19.3 Å². The first-order valence-corrected chi connectivity index (χ1v) is 5.28. The van der Waals surface area contributed by atoms with Crippen LogP contribution in [-0.4, -0.2) is 34.9 Å². The van der Waals surface area contributed by atoms with Gasteiger partial charge < -0.3 is 20.8 Å². The Labute approximate surface area is 111 Å². The lowest BCUT2D eigenvalue weighted by molar-refractivity contribution is -0.140. The van der Waals surface area contributed by atoms with E-state index in [4.69, 9.17) is 21.8 Å². The summed E-state index contributed by atoms with van der Waals surface area (Å²) in [6, 6.07) is -1.38. The van der Waals surface area contributed by atoms with E-state index in [0.29, 0.717) is 6.07 Å². The summed E-state index contributed by atoms with van der Waals surface area (Å²) in [4.78, 5) is 21.9. The molecule has 1 aromatic rings. The van der Waals surface area contributed by atoms with Crippen molar-refractivity contribution in [3.05, 3.63) is 28.8 Å². The molecule has 19 heavy (non-hydrogen) atoms. The standard InChI is InChI=1S/C10H9ClF2N2O4/c11-5-1-4(12)2-6(13)8(5)15-10(19)14-7(3-16)9(17)18/h1-2,7,16H,3H2,(H,17,18)(H2,14,15,19)/t7-/m1/s1. The molecule has 0 radical (unpaired) electrons. The maximum absolute atomic E-state index is 13.3. The molecule has 0 saturated heterocycles. The van der Waals surface area contributed by atoms with Crippen molar-refractivity contribution < 1.29 is 28.6 Å². The first-order valence-electron chi connectivity index (χ1n) is 4.91. The summed E-state index contributed by atoms with van der Waals surface area (Å²) in [7, 11) is 0. The average Bonchev–Trinajstić information content (AvgIpc) is 2.30. The van der Waals surface area contributed by atoms with Crippen molar-refractivity contribution in [3.8, 4) is 0 Å². The molecule has 0 bridgehead atoms. The van der Waals surface area contributed by atoms with E-state index in [9.17, 15) is 18.4 Å². The number of carbonyl (C=O) groups is 2. The Balaban J connectivity index is 2.80. The summed E-state index contributed by atoms with van der Waals surface area (Å²) in [6.07, 6.45) is 0. The summed E-state index contributed by atoms with van der Waals surface area (Å²) < 4.78 is 26.1. The smallest absolute Gasteiger partial charge is 0.328 e. The topological polar surface area (TPSA) is 98.7 Å². The van der Waals surface area contributed by atoms with Crippen molar-refractivity contribution in [2.75, 3.05) is 11.9 Å². The lowest BCUT2D eigenvalue weighted by Gasteiger charge is -2.13. The van der Waals surface area contributed by atoms with Crippen LogP contribution < -0.4 is 10.6 Å². The van der Waals surface area contributed by atoms with Crippen molar-refractivity contribution in [2.24, 2.45) is 0 Å². The van der Waals surface area contributed by atoms with Crippen LogP contribution in [0, 0.1) is 11.6 Å². The van der Waals surface area contributed by atoms with Crippen LogP contribution in [0.3, 0.4) is 0 Å². The minimum atomic E-state index is -1.55. The third kappa shape index (κ3) is 4.04. The van der Waals surface area contributed by atoms with E-state index in [-0.39, 0.29) is 5.02 Å². The molecule has 0 aliphatic heterocycles. The van der Waals surface area contributed by atoms with Crippen molar-refractivity contribution in [2.45, 2.75) is 6.04 Å². The Morgan fingerprint density at radius 3 is 2.47 bits per heavy atom. The van der Waals surface area contributed by atoms with Gasteiger partial charge in [-0.3, -0.25) is 0 Å². The number of halogens is 3. The van der Waals surface area contributed by atoms with Crippen LogP contribution in [-0.2, 0) is 4.79 Å². The molecule has 0 saturated carbocycles. The van der Waals surface area contributed by atoms with Gasteiger partial charge in [0.25, 0.3) is 0 Å². The Kier molecular flexibility index (Phi) is 5.02. The molecule has 1 rings (SSSR count). The van der Waals surface area contributed by atoms with Crippen molar-refractivity contribution >= 4 is 29.3 Å². The summed E-state index contributed by atoms with van der Waals surface area (Å²) in [6.45, 7) is -0.845. The molecule has 6 nitrogen and oxygen atoms in total. The molecule has 0 aliphatic carbocycles. The van der Waals surface area contributed by atoms with Gasteiger partial charge in [0, 0.05) is 6.07 Å². The minimum Gasteiger partial charge on any atom is -0.480 e. The quantitative estimate of drug-likeness (QED) is 0.670. The zero-order valence-corrected chi connectivity index (χ0v) is 10.0. The van der Waals surface area contributed by atoms with E-state index in [1.807, 2.05) is 10.6 Å². The third-order valence-electron chi connectivity index (χ3n) is 2.03. The first-order chi connectivity index (χ1) is 8.85. The molecule has 104 valence electrons. The van der Waals surface area contributed by atoms with Gasteiger partial charge in [0.2, 0.25) is 0 Å². The van der Waals surface area contributed by atoms with Crippen molar-refractivity contribution in [1.82, 2.24) is 5.32 Å². The second-order valence-corrected chi connectivity index (χ2v) is 3.82. The Morgan fingerprint density at radius 1 is 1.37 bits per heavy atom. The summed E-state index contributed by atoms with van der Waals surface area (Å²) in [5, 5.41) is 20.7. The van der Waals surface area contributed by atoms with E-state index in [1.54, 1.807) is 0 Å². The minimum absolute atomic E-state index is 0.386. The number of carboxylic acid groups (broad SMARTS) is 1. The number of benzene rings is 1. The van der Waals surface area contributed by atoms with E-state index in [0.717, 1.165) is 6.07 Å². The fourth-order valence-electron chi connectivity index (χ4n) is 1.15. The maximum Gasteiger partial charge on any atom is 0.328 e. The van der Waals surface area contributed by atoms with Gasteiger partial charge in [0.05, 0.1) is 17.3 Å². The molecule has 1 aromatic carbocycles. The van der Waals surface area contributed by atoms with Crippen molar-refractivity contribution in [1.29, 1.82) is 0 Å².